The van der Waals surface area contributed by atoms with Crippen LogP contribution in [0.2, 0.25) is 0 Å². The normalized spacial score (nSPS) is 15.6. The van der Waals surface area contributed by atoms with Crippen LogP contribution in [0.4, 0.5) is 0 Å². The van der Waals surface area contributed by atoms with Gasteiger partial charge in [0, 0.05) is 24.2 Å². The van der Waals surface area contributed by atoms with Gasteiger partial charge in [-0.2, -0.15) is 4.98 Å². The summed E-state index contributed by atoms with van der Waals surface area (Å²) in [5, 5.41) is 4.17. The van der Waals surface area contributed by atoms with E-state index in [1.807, 2.05) is 24.0 Å². The molecule has 0 radical (unpaired) electrons. The Balaban J connectivity index is 1.51. The van der Waals surface area contributed by atoms with E-state index in [-0.39, 0.29) is 11.8 Å². The Kier molecular flexibility index (Phi) is 7.20. The van der Waals surface area contributed by atoms with Crippen molar-refractivity contribution in [2.24, 2.45) is 0 Å². The highest BCUT2D eigenvalue weighted by molar-refractivity contribution is 5.94. The van der Waals surface area contributed by atoms with Crippen molar-refractivity contribution in [2.45, 2.75) is 25.7 Å². The summed E-state index contributed by atoms with van der Waals surface area (Å²) < 4.78 is 27.3. The first-order valence-electron chi connectivity index (χ1n) is 11.2. The van der Waals surface area contributed by atoms with Gasteiger partial charge in [-0.05, 0) is 56.2 Å². The van der Waals surface area contributed by atoms with Gasteiger partial charge >= 0.3 is 0 Å². The van der Waals surface area contributed by atoms with Crippen LogP contribution < -0.4 is 18.9 Å². The molecule has 1 aromatic heterocycles. The molecule has 0 bridgehead atoms. The van der Waals surface area contributed by atoms with Gasteiger partial charge in [0.15, 0.2) is 11.5 Å². The number of piperidine rings is 1. The lowest BCUT2D eigenvalue weighted by molar-refractivity contribution is 0.0695. The molecule has 1 aliphatic rings. The first kappa shape index (κ1) is 23.4. The van der Waals surface area contributed by atoms with E-state index < -0.39 is 0 Å². The molecule has 34 heavy (non-hydrogen) atoms. The number of ether oxygens (including phenoxy) is 4. The number of hydrogen-bond donors (Lipinski definition) is 0. The summed E-state index contributed by atoms with van der Waals surface area (Å²) >= 11 is 0. The first-order chi connectivity index (χ1) is 16.6. The first-order valence-corrected chi connectivity index (χ1v) is 11.2. The van der Waals surface area contributed by atoms with Gasteiger partial charge in [0.2, 0.25) is 17.5 Å². The molecule has 0 spiro atoms. The van der Waals surface area contributed by atoms with E-state index in [1.54, 1.807) is 45.6 Å². The van der Waals surface area contributed by atoms with Crippen molar-refractivity contribution in [1.29, 1.82) is 0 Å². The van der Waals surface area contributed by atoms with Crippen molar-refractivity contribution in [3.05, 3.63) is 47.9 Å². The van der Waals surface area contributed by atoms with E-state index in [0.29, 0.717) is 59.8 Å². The number of benzene rings is 2. The maximum Gasteiger partial charge on any atom is 0.253 e. The van der Waals surface area contributed by atoms with Crippen molar-refractivity contribution < 1.29 is 28.3 Å². The van der Waals surface area contributed by atoms with Gasteiger partial charge in [0.25, 0.3) is 5.91 Å². The van der Waals surface area contributed by atoms with Crippen LogP contribution in [0.25, 0.3) is 11.4 Å². The number of hydrogen-bond acceptors (Lipinski definition) is 8. The quantitative estimate of drug-likeness (QED) is 0.487. The Morgan fingerprint density at radius 2 is 1.79 bits per heavy atom. The molecule has 2 aromatic carbocycles. The van der Waals surface area contributed by atoms with E-state index in [9.17, 15) is 4.79 Å². The predicted octanol–water partition coefficient (Wildman–Crippen LogP) is 4.18. The van der Waals surface area contributed by atoms with Crippen LogP contribution >= 0.6 is 0 Å². The van der Waals surface area contributed by atoms with Gasteiger partial charge in [-0.25, -0.2) is 0 Å². The summed E-state index contributed by atoms with van der Waals surface area (Å²) in [6, 6.07) is 10.8. The molecule has 180 valence electrons. The van der Waals surface area contributed by atoms with Gasteiger partial charge in [0.05, 0.1) is 33.9 Å². The summed E-state index contributed by atoms with van der Waals surface area (Å²) in [5.74, 6) is 3.13. The molecular formula is C25H29N3O6. The van der Waals surface area contributed by atoms with Gasteiger partial charge in [0.1, 0.15) is 5.75 Å². The summed E-state index contributed by atoms with van der Waals surface area (Å²) in [7, 11) is 4.66. The zero-order valence-electron chi connectivity index (χ0n) is 19.9. The molecular weight excluding hydrogens is 438 g/mol. The molecule has 0 N–H and O–H groups in total. The zero-order chi connectivity index (χ0) is 24.1. The lowest BCUT2D eigenvalue weighted by atomic mass is 9.97. The van der Waals surface area contributed by atoms with Crippen LogP contribution in [0.15, 0.2) is 40.9 Å². The minimum atomic E-state index is -0.0383. The maximum absolute atomic E-state index is 13.1. The summed E-state index contributed by atoms with van der Waals surface area (Å²) in [5.41, 5.74) is 1.32. The second kappa shape index (κ2) is 10.5. The Morgan fingerprint density at radius 3 is 2.41 bits per heavy atom. The number of methoxy groups -OCH3 is 3. The number of carbonyl (C=O) groups excluding carboxylic acids is 1. The van der Waals surface area contributed by atoms with Gasteiger partial charge in [-0.3, -0.25) is 4.79 Å². The highest BCUT2D eigenvalue weighted by atomic mass is 16.5. The molecule has 0 saturated carbocycles. The Bertz CT molecular complexity index is 1100. The summed E-state index contributed by atoms with van der Waals surface area (Å²) in [6.07, 6.45) is 1.72. The molecule has 3 aromatic rings. The molecule has 1 aliphatic heterocycles. The number of rotatable bonds is 8. The molecule has 0 aliphatic carbocycles. The Morgan fingerprint density at radius 1 is 1.09 bits per heavy atom. The number of aromatic nitrogens is 2. The summed E-state index contributed by atoms with van der Waals surface area (Å²) in [4.78, 5) is 19.5. The third-order valence-corrected chi connectivity index (χ3v) is 5.83. The molecule has 1 saturated heterocycles. The fourth-order valence-corrected chi connectivity index (χ4v) is 4.13. The van der Waals surface area contributed by atoms with E-state index >= 15 is 0 Å². The largest absolute Gasteiger partial charge is 0.494 e. The lowest BCUT2D eigenvalue weighted by Gasteiger charge is -2.31. The van der Waals surface area contributed by atoms with E-state index in [2.05, 4.69) is 10.1 Å². The topological polar surface area (TPSA) is 96.2 Å². The molecule has 9 heteroatoms. The van der Waals surface area contributed by atoms with Crippen LogP contribution in [0.5, 0.6) is 23.0 Å². The molecule has 1 amide bonds. The second-order valence-corrected chi connectivity index (χ2v) is 7.92. The highest BCUT2D eigenvalue weighted by Crippen LogP contribution is 2.41. The maximum atomic E-state index is 13.1. The number of nitrogens with zero attached hydrogens (tertiary/aromatic N) is 3. The smallest absolute Gasteiger partial charge is 0.253 e. The number of likely N-dealkylation sites (tertiary alicyclic amines) is 1. The van der Waals surface area contributed by atoms with E-state index in [1.165, 1.54) is 0 Å². The monoisotopic (exact) mass is 467 g/mol. The Hall–Kier alpha value is -3.75. The van der Waals surface area contributed by atoms with Crippen LogP contribution in [0.1, 0.15) is 41.9 Å². The van der Waals surface area contributed by atoms with Crippen molar-refractivity contribution >= 4 is 5.91 Å². The average Bonchev–Trinajstić information content (AvgIpc) is 3.38. The molecule has 1 unspecified atom stereocenters. The lowest BCUT2D eigenvalue weighted by Crippen LogP contribution is -2.39. The fourth-order valence-electron chi connectivity index (χ4n) is 4.13. The standard InChI is InChI=1S/C25H29N3O6/c1-5-33-19-10-8-16(9-11-19)25(29)28-12-6-7-17(15-28)24-26-23(27-34-24)18-13-20(30-2)22(32-4)21(14-18)31-3/h8-11,13-14,17H,5-7,12,15H2,1-4H3. The zero-order valence-corrected chi connectivity index (χ0v) is 19.9. The van der Waals surface area contributed by atoms with E-state index in [4.69, 9.17) is 23.5 Å². The van der Waals surface area contributed by atoms with Crippen molar-refractivity contribution in [3.63, 3.8) is 0 Å². The van der Waals surface area contributed by atoms with Crippen LogP contribution in [-0.4, -0.2) is 62.0 Å². The highest BCUT2D eigenvalue weighted by Gasteiger charge is 2.29. The van der Waals surface area contributed by atoms with Crippen molar-refractivity contribution in [3.8, 4) is 34.4 Å². The fraction of sp³-hybridized carbons (Fsp3) is 0.400. The molecule has 1 atom stereocenters. The molecule has 2 heterocycles. The average molecular weight is 468 g/mol. The second-order valence-electron chi connectivity index (χ2n) is 7.92. The van der Waals surface area contributed by atoms with Gasteiger partial charge in [-0.15, -0.1) is 0 Å². The van der Waals surface area contributed by atoms with E-state index in [0.717, 1.165) is 18.6 Å². The number of amides is 1. The molecule has 4 rings (SSSR count). The van der Waals surface area contributed by atoms with Crippen LogP contribution in [0.3, 0.4) is 0 Å². The van der Waals surface area contributed by atoms with Gasteiger partial charge in [-0.1, -0.05) is 5.16 Å². The predicted molar refractivity (Wildman–Crippen MR) is 125 cm³/mol. The minimum Gasteiger partial charge on any atom is -0.494 e. The third-order valence-electron chi connectivity index (χ3n) is 5.83. The van der Waals surface area contributed by atoms with Gasteiger partial charge < -0.3 is 28.4 Å². The molecule has 1 fully saturated rings. The Labute approximate surface area is 198 Å². The summed E-state index contributed by atoms with van der Waals surface area (Å²) in [6.45, 7) is 3.72. The SMILES string of the molecule is CCOc1ccc(C(=O)N2CCCC(c3nc(-c4cc(OC)c(OC)c(OC)c4)no3)C2)cc1. The third kappa shape index (κ3) is 4.78. The van der Waals surface area contributed by atoms with Crippen LogP contribution in [0, 0.1) is 0 Å². The molecule has 9 nitrogen and oxygen atoms in total. The van der Waals surface area contributed by atoms with Crippen molar-refractivity contribution in [1.82, 2.24) is 15.0 Å². The van der Waals surface area contributed by atoms with Crippen molar-refractivity contribution in [2.75, 3.05) is 41.0 Å². The number of carbonyl (C=O) groups is 1. The minimum absolute atomic E-state index is 0.0166. The van der Waals surface area contributed by atoms with Crippen LogP contribution in [-0.2, 0) is 0 Å².